The smallest absolute Gasteiger partial charge is 0.0243 e. The van der Waals surface area contributed by atoms with Crippen LogP contribution in [0, 0.1) is 0 Å². The summed E-state index contributed by atoms with van der Waals surface area (Å²) in [7, 11) is 0. The summed E-state index contributed by atoms with van der Waals surface area (Å²) in [5, 5.41) is 0. The van der Waals surface area contributed by atoms with E-state index in [0.29, 0.717) is 6.04 Å². The van der Waals surface area contributed by atoms with E-state index in [1.165, 1.54) is 11.1 Å². The first-order valence-corrected chi connectivity index (χ1v) is 9.04. The summed E-state index contributed by atoms with van der Waals surface area (Å²) < 4.78 is 22.5. The fourth-order valence-corrected chi connectivity index (χ4v) is 3.57. The van der Waals surface area contributed by atoms with Gasteiger partial charge in [-0.2, -0.15) is 0 Å². The lowest BCUT2D eigenvalue weighted by Crippen LogP contribution is -2.45. The zero-order valence-corrected chi connectivity index (χ0v) is 14.4. The van der Waals surface area contributed by atoms with Gasteiger partial charge < -0.3 is 4.90 Å². The molecular formula is C22H30N2. The normalized spacial score (nSPS) is 19.0. The van der Waals surface area contributed by atoms with E-state index in [9.17, 15) is 0 Å². The zero-order valence-electron chi connectivity index (χ0n) is 17.4. The fraction of sp³-hybridized carbons (Fsp3) is 0.455. The largest absolute Gasteiger partial charge is 0.303 e. The van der Waals surface area contributed by atoms with Crippen molar-refractivity contribution in [2.24, 2.45) is 0 Å². The minimum absolute atomic E-state index is 0.211. The van der Waals surface area contributed by atoms with Crippen LogP contribution in [0.2, 0.25) is 0 Å². The highest BCUT2D eigenvalue weighted by molar-refractivity contribution is 5.16. The number of hydrogen-bond donors (Lipinski definition) is 0. The molecule has 1 saturated heterocycles. The van der Waals surface area contributed by atoms with Crippen LogP contribution in [-0.4, -0.2) is 42.0 Å². The van der Waals surface area contributed by atoms with Crippen LogP contribution in [0.5, 0.6) is 0 Å². The molecule has 1 aliphatic heterocycles. The second kappa shape index (κ2) is 9.00. The van der Waals surface area contributed by atoms with Crippen LogP contribution < -0.4 is 0 Å². The number of rotatable bonds is 7. The Morgan fingerprint density at radius 3 is 2.21 bits per heavy atom. The monoisotopic (exact) mass is 325 g/mol. The molecule has 0 N–H and O–H groups in total. The summed E-state index contributed by atoms with van der Waals surface area (Å²) >= 11 is 0. The Kier molecular flexibility index (Phi) is 5.11. The van der Waals surface area contributed by atoms with Gasteiger partial charge in [-0.05, 0) is 50.0 Å². The van der Waals surface area contributed by atoms with Gasteiger partial charge in [-0.25, -0.2) is 0 Å². The van der Waals surface area contributed by atoms with E-state index < -0.39 is 6.85 Å². The molecule has 24 heavy (non-hydrogen) atoms. The number of hydrogen-bond acceptors (Lipinski definition) is 2. The van der Waals surface area contributed by atoms with Crippen LogP contribution >= 0.6 is 0 Å². The molecule has 0 radical (unpaired) electrons. The van der Waals surface area contributed by atoms with Gasteiger partial charge in [-0.3, -0.25) is 4.90 Å². The molecule has 2 heteroatoms. The Morgan fingerprint density at radius 1 is 0.958 bits per heavy atom. The maximum Gasteiger partial charge on any atom is 0.0243 e. The first-order valence-electron chi connectivity index (χ1n) is 10.5. The van der Waals surface area contributed by atoms with Gasteiger partial charge in [0.1, 0.15) is 0 Å². The standard InChI is InChI=1S/C22H30N2/c1-2-23-16-14-22(15-17-23)24(19-21-11-7-4-8-12-21)18-13-20-9-5-3-6-10-20/h3-12,22H,2,13-19H2,1H3/i1D3. The van der Waals surface area contributed by atoms with Crippen molar-refractivity contribution < 1.29 is 4.11 Å². The first-order chi connectivity index (χ1) is 13.0. The van der Waals surface area contributed by atoms with Crippen LogP contribution in [0.15, 0.2) is 60.7 Å². The van der Waals surface area contributed by atoms with E-state index in [-0.39, 0.29) is 6.54 Å². The summed E-state index contributed by atoms with van der Waals surface area (Å²) in [5.41, 5.74) is 2.71. The molecule has 1 fully saturated rings. The second-order valence-electron chi connectivity index (χ2n) is 6.70. The molecule has 0 aliphatic carbocycles. The molecule has 0 unspecified atom stereocenters. The molecule has 2 nitrogen and oxygen atoms in total. The number of benzene rings is 2. The Balaban J connectivity index is 1.61. The SMILES string of the molecule is [2H]C([2H])([2H])CN1CCC(N(CCc2ccccc2)Cc2ccccc2)CC1. The average molecular weight is 326 g/mol. The van der Waals surface area contributed by atoms with Crippen LogP contribution in [0.25, 0.3) is 0 Å². The molecule has 1 aliphatic rings. The Bertz CT molecular complexity index is 665. The van der Waals surface area contributed by atoms with Gasteiger partial charge in [0.15, 0.2) is 0 Å². The van der Waals surface area contributed by atoms with Gasteiger partial charge in [0, 0.05) is 23.2 Å². The van der Waals surface area contributed by atoms with Crippen LogP contribution in [0.4, 0.5) is 0 Å². The van der Waals surface area contributed by atoms with Gasteiger partial charge in [0.2, 0.25) is 0 Å². The maximum atomic E-state index is 7.49. The minimum Gasteiger partial charge on any atom is -0.303 e. The lowest BCUT2D eigenvalue weighted by Gasteiger charge is -2.38. The number of likely N-dealkylation sites (tertiary alicyclic amines) is 1. The first kappa shape index (κ1) is 13.6. The molecule has 128 valence electrons. The van der Waals surface area contributed by atoms with Crippen molar-refractivity contribution >= 4 is 0 Å². The van der Waals surface area contributed by atoms with E-state index in [0.717, 1.165) is 45.4 Å². The summed E-state index contributed by atoms with van der Waals surface area (Å²) in [6, 6.07) is 21.8. The molecule has 0 atom stereocenters. The highest BCUT2D eigenvalue weighted by Gasteiger charge is 2.23. The Morgan fingerprint density at radius 2 is 1.58 bits per heavy atom. The molecule has 0 aromatic heterocycles. The molecule has 2 aromatic carbocycles. The van der Waals surface area contributed by atoms with Crippen LogP contribution in [0.1, 0.15) is 34.9 Å². The predicted octanol–water partition coefficient (Wildman–Crippen LogP) is 4.22. The fourth-order valence-electron chi connectivity index (χ4n) is 3.57. The molecule has 0 amide bonds. The second-order valence-corrected chi connectivity index (χ2v) is 6.70. The van der Waals surface area contributed by atoms with E-state index in [1.807, 2.05) is 0 Å². The molecule has 1 heterocycles. The molecular weight excluding hydrogens is 292 g/mol. The Hall–Kier alpha value is -1.64. The Labute approximate surface area is 151 Å². The van der Waals surface area contributed by atoms with Crippen molar-refractivity contribution in [3.05, 3.63) is 71.8 Å². The molecule has 0 saturated carbocycles. The molecule has 0 bridgehead atoms. The van der Waals surface area contributed by atoms with Crippen LogP contribution in [0.3, 0.4) is 0 Å². The highest BCUT2D eigenvalue weighted by atomic mass is 15.2. The topological polar surface area (TPSA) is 6.48 Å². The van der Waals surface area contributed by atoms with Crippen molar-refractivity contribution in [3.8, 4) is 0 Å². The van der Waals surface area contributed by atoms with Gasteiger partial charge in [0.05, 0.1) is 0 Å². The van der Waals surface area contributed by atoms with E-state index >= 15 is 0 Å². The zero-order chi connectivity index (χ0) is 19.1. The van der Waals surface area contributed by atoms with Gasteiger partial charge in [-0.15, -0.1) is 0 Å². The number of nitrogens with zero attached hydrogens (tertiary/aromatic N) is 2. The van der Waals surface area contributed by atoms with E-state index in [4.69, 9.17) is 4.11 Å². The summed E-state index contributed by atoms with van der Waals surface area (Å²) in [6.07, 6.45) is 3.12. The third-order valence-electron chi connectivity index (χ3n) is 5.06. The highest BCUT2D eigenvalue weighted by Crippen LogP contribution is 2.19. The summed E-state index contributed by atoms with van der Waals surface area (Å²) in [6.45, 7) is 2.09. The predicted molar refractivity (Wildman–Crippen MR) is 102 cm³/mol. The van der Waals surface area contributed by atoms with Crippen molar-refractivity contribution in [1.29, 1.82) is 0 Å². The summed E-state index contributed by atoms with van der Waals surface area (Å²) in [4.78, 5) is 4.69. The third kappa shape index (κ3) is 4.93. The van der Waals surface area contributed by atoms with Crippen molar-refractivity contribution in [3.63, 3.8) is 0 Å². The van der Waals surface area contributed by atoms with Gasteiger partial charge in [0.25, 0.3) is 0 Å². The third-order valence-corrected chi connectivity index (χ3v) is 5.06. The summed E-state index contributed by atoms with van der Waals surface area (Å²) in [5.74, 6) is 0. The average Bonchev–Trinajstić information content (AvgIpc) is 2.66. The minimum atomic E-state index is -1.86. The van der Waals surface area contributed by atoms with E-state index in [1.54, 1.807) is 0 Å². The van der Waals surface area contributed by atoms with Gasteiger partial charge >= 0.3 is 0 Å². The van der Waals surface area contributed by atoms with Crippen molar-refractivity contribution in [1.82, 2.24) is 9.80 Å². The maximum absolute atomic E-state index is 7.49. The van der Waals surface area contributed by atoms with Crippen LogP contribution in [-0.2, 0) is 13.0 Å². The van der Waals surface area contributed by atoms with Crippen molar-refractivity contribution in [2.45, 2.75) is 38.7 Å². The van der Waals surface area contributed by atoms with Gasteiger partial charge in [-0.1, -0.05) is 67.5 Å². The molecule has 3 rings (SSSR count). The van der Waals surface area contributed by atoms with E-state index in [2.05, 4.69) is 70.5 Å². The lowest BCUT2D eigenvalue weighted by atomic mass is 10.0. The quantitative estimate of drug-likeness (QED) is 0.752. The molecule has 2 aromatic rings. The number of piperidine rings is 1. The molecule has 0 spiro atoms. The lowest BCUT2D eigenvalue weighted by molar-refractivity contribution is 0.106. The van der Waals surface area contributed by atoms with Crippen molar-refractivity contribution in [2.75, 3.05) is 26.2 Å².